The van der Waals surface area contributed by atoms with Crippen molar-refractivity contribution >= 4 is 11.8 Å². The second-order valence-corrected chi connectivity index (χ2v) is 7.66. The lowest BCUT2D eigenvalue weighted by molar-refractivity contribution is -0.137. The fourth-order valence-electron chi connectivity index (χ4n) is 3.97. The Morgan fingerprint density at radius 1 is 1.19 bits per heavy atom. The van der Waals surface area contributed by atoms with Crippen LogP contribution >= 0.6 is 0 Å². The van der Waals surface area contributed by atoms with E-state index in [9.17, 15) is 15.0 Å². The first-order chi connectivity index (χ1) is 15.1. The van der Waals surface area contributed by atoms with Crippen molar-refractivity contribution in [3.63, 3.8) is 0 Å². The molecule has 2 aromatic heterocycles. The summed E-state index contributed by atoms with van der Waals surface area (Å²) in [5.41, 5.74) is 3.52. The molecule has 1 aromatic carbocycles. The standard InChI is InChI=1S/C24H24N4O3/c29-12-10-20(21-9-8-18-7-4-11-25-24(18)27-21)22-15-28(16-26-22)14-19(13-23(30)31)17-5-2-1-3-6-17/h1-3,5-6,8-9,15-16,19-20,29H,4,7,11,13-14H2,(H,25,27)(H,30,31). The van der Waals surface area contributed by atoms with Crippen molar-refractivity contribution in [3.05, 3.63) is 77.5 Å². The molecule has 3 aromatic rings. The van der Waals surface area contributed by atoms with Crippen LogP contribution in [0.25, 0.3) is 0 Å². The zero-order valence-corrected chi connectivity index (χ0v) is 17.0. The van der Waals surface area contributed by atoms with E-state index in [1.807, 2.05) is 59.3 Å². The van der Waals surface area contributed by atoms with Gasteiger partial charge in [-0.05, 0) is 36.0 Å². The molecule has 0 amide bonds. The molecule has 0 saturated carbocycles. The number of hydrogen-bond acceptors (Lipinski definition) is 5. The number of rotatable bonds is 7. The molecule has 2 atom stereocenters. The van der Waals surface area contributed by atoms with E-state index in [4.69, 9.17) is 4.98 Å². The van der Waals surface area contributed by atoms with E-state index in [2.05, 4.69) is 16.2 Å². The highest BCUT2D eigenvalue weighted by molar-refractivity contribution is 5.68. The van der Waals surface area contributed by atoms with Gasteiger partial charge in [-0.25, -0.2) is 9.97 Å². The summed E-state index contributed by atoms with van der Waals surface area (Å²) in [6.07, 6.45) is 7.63. The van der Waals surface area contributed by atoms with Crippen LogP contribution < -0.4 is 5.32 Å². The number of carbonyl (C=O) groups is 1. The molecular formula is C24H24N4O3. The van der Waals surface area contributed by atoms with E-state index in [-0.39, 0.29) is 12.3 Å². The Kier molecular flexibility index (Phi) is 6.18. The van der Waals surface area contributed by atoms with Gasteiger partial charge in [0.15, 0.2) is 0 Å². The Bertz CT molecular complexity index is 1110. The van der Waals surface area contributed by atoms with E-state index < -0.39 is 11.9 Å². The van der Waals surface area contributed by atoms with Crippen LogP contribution in [-0.2, 0) is 17.8 Å². The first kappa shape index (κ1) is 20.5. The van der Waals surface area contributed by atoms with Gasteiger partial charge in [-0.1, -0.05) is 36.4 Å². The van der Waals surface area contributed by atoms with Gasteiger partial charge in [-0.2, -0.15) is 0 Å². The lowest BCUT2D eigenvalue weighted by atomic mass is 9.95. The van der Waals surface area contributed by atoms with Crippen LogP contribution in [0.1, 0.15) is 47.2 Å². The maximum atomic E-state index is 11.4. The number of hydrogen-bond donors (Lipinski definition) is 3. The summed E-state index contributed by atoms with van der Waals surface area (Å²) >= 11 is 0. The number of carboxylic acids is 1. The first-order valence-electron chi connectivity index (χ1n) is 10.3. The first-order valence-corrected chi connectivity index (χ1v) is 10.3. The third-order valence-electron chi connectivity index (χ3n) is 5.49. The minimum atomic E-state index is -0.844. The summed E-state index contributed by atoms with van der Waals surface area (Å²) in [5.74, 6) is 2.15. The van der Waals surface area contributed by atoms with Crippen LogP contribution in [0.5, 0.6) is 0 Å². The van der Waals surface area contributed by atoms with Crippen molar-refractivity contribution in [1.82, 2.24) is 14.5 Å². The number of aliphatic hydroxyl groups excluding tert-OH is 1. The molecule has 1 aliphatic heterocycles. The molecule has 0 radical (unpaired) electrons. The topological polar surface area (TPSA) is 100 Å². The van der Waals surface area contributed by atoms with Crippen LogP contribution in [0.4, 0.5) is 5.82 Å². The Morgan fingerprint density at radius 3 is 2.81 bits per heavy atom. The predicted molar refractivity (Wildman–Crippen MR) is 116 cm³/mol. The van der Waals surface area contributed by atoms with E-state index in [0.29, 0.717) is 17.9 Å². The SMILES string of the molecule is O=C(O)CC(Cn1cnc(C(C#CO)c2ccc3c(n2)NCCC3)c1)c1ccccc1. The zero-order valence-electron chi connectivity index (χ0n) is 17.0. The Morgan fingerprint density at radius 2 is 2.03 bits per heavy atom. The van der Waals surface area contributed by atoms with Crippen LogP contribution in [-0.4, -0.2) is 37.3 Å². The molecule has 0 fully saturated rings. The third kappa shape index (κ3) is 4.86. The quantitative estimate of drug-likeness (QED) is 0.511. The van der Waals surface area contributed by atoms with Gasteiger partial charge in [0.1, 0.15) is 17.8 Å². The highest BCUT2D eigenvalue weighted by atomic mass is 16.4. The number of carboxylic acid groups (broad SMARTS) is 1. The number of aliphatic carboxylic acids is 1. The van der Waals surface area contributed by atoms with Crippen LogP contribution in [0.15, 0.2) is 55.0 Å². The van der Waals surface area contributed by atoms with Gasteiger partial charge in [0.25, 0.3) is 0 Å². The lowest BCUT2D eigenvalue weighted by Gasteiger charge is -2.18. The van der Waals surface area contributed by atoms with Crippen LogP contribution in [0, 0.1) is 12.0 Å². The Hall–Kier alpha value is -3.79. The van der Waals surface area contributed by atoms with Gasteiger partial charge in [0.2, 0.25) is 0 Å². The van der Waals surface area contributed by atoms with Crippen molar-refractivity contribution in [1.29, 1.82) is 0 Å². The molecule has 3 heterocycles. The fraction of sp³-hybridized carbons (Fsp3) is 0.292. The maximum absolute atomic E-state index is 11.4. The van der Waals surface area contributed by atoms with Crippen molar-refractivity contribution in [2.45, 2.75) is 37.6 Å². The monoisotopic (exact) mass is 416 g/mol. The molecule has 31 heavy (non-hydrogen) atoms. The number of aromatic nitrogens is 3. The molecule has 7 nitrogen and oxygen atoms in total. The number of fused-ring (bicyclic) bond motifs is 1. The summed E-state index contributed by atoms with van der Waals surface area (Å²) in [4.78, 5) is 20.6. The van der Waals surface area contributed by atoms with Crippen LogP contribution in [0.2, 0.25) is 0 Å². The number of nitrogens with one attached hydrogen (secondary N) is 1. The highest BCUT2D eigenvalue weighted by Gasteiger charge is 2.21. The second-order valence-electron chi connectivity index (χ2n) is 7.66. The molecule has 158 valence electrons. The third-order valence-corrected chi connectivity index (χ3v) is 5.49. The van der Waals surface area contributed by atoms with Crippen molar-refractivity contribution in [2.75, 3.05) is 11.9 Å². The number of imidazole rings is 1. The number of anilines is 1. The summed E-state index contributed by atoms with van der Waals surface area (Å²) in [6, 6.07) is 13.6. The summed E-state index contributed by atoms with van der Waals surface area (Å²) in [7, 11) is 0. The molecule has 0 aliphatic carbocycles. The lowest BCUT2D eigenvalue weighted by Crippen LogP contribution is -2.15. The molecule has 1 aliphatic rings. The average molecular weight is 416 g/mol. The number of aliphatic hydroxyl groups is 1. The maximum Gasteiger partial charge on any atom is 0.304 e. The highest BCUT2D eigenvalue weighted by Crippen LogP contribution is 2.27. The summed E-state index contributed by atoms with van der Waals surface area (Å²) in [5, 5.41) is 22.0. The number of aryl methyl sites for hydroxylation is 1. The van der Waals surface area contributed by atoms with Gasteiger partial charge in [-0.3, -0.25) is 4.79 Å². The molecule has 2 unspecified atom stereocenters. The second kappa shape index (κ2) is 9.35. The van der Waals surface area contributed by atoms with Gasteiger partial charge >= 0.3 is 5.97 Å². The van der Waals surface area contributed by atoms with E-state index in [0.717, 1.165) is 30.8 Å². The van der Waals surface area contributed by atoms with E-state index in [1.54, 1.807) is 6.33 Å². The number of pyridine rings is 1. The minimum absolute atomic E-state index is 0.0233. The normalized spacial score (nSPS) is 14.5. The van der Waals surface area contributed by atoms with Crippen molar-refractivity contribution < 1.29 is 15.0 Å². The van der Waals surface area contributed by atoms with E-state index >= 15 is 0 Å². The molecule has 4 rings (SSSR count). The van der Waals surface area contributed by atoms with Gasteiger partial charge in [0, 0.05) is 25.2 Å². The van der Waals surface area contributed by atoms with Crippen LogP contribution in [0.3, 0.4) is 0 Å². The number of nitrogens with zero attached hydrogens (tertiary/aromatic N) is 3. The molecule has 0 bridgehead atoms. The zero-order chi connectivity index (χ0) is 21.6. The minimum Gasteiger partial charge on any atom is -0.481 e. The molecular weight excluding hydrogens is 392 g/mol. The van der Waals surface area contributed by atoms with Crippen molar-refractivity contribution in [3.8, 4) is 12.0 Å². The Labute approximate surface area is 180 Å². The molecule has 0 spiro atoms. The molecule has 3 N–H and O–H groups in total. The smallest absolute Gasteiger partial charge is 0.304 e. The van der Waals surface area contributed by atoms with Gasteiger partial charge in [0.05, 0.1) is 24.1 Å². The summed E-state index contributed by atoms with van der Waals surface area (Å²) in [6.45, 7) is 1.36. The summed E-state index contributed by atoms with van der Waals surface area (Å²) < 4.78 is 1.87. The average Bonchev–Trinajstić information content (AvgIpc) is 3.25. The van der Waals surface area contributed by atoms with Gasteiger partial charge < -0.3 is 20.1 Å². The largest absolute Gasteiger partial charge is 0.481 e. The van der Waals surface area contributed by atoms with Crippen molar-refractivity contribution in [2.24, 2.45) is 0 Å². The Balaban J connectivity index is 1.59. The predicted octanol–water partition coefficient (Wildman–Crippen LogP) is 3.36. The molecule has 0 saturated heterocycles. The van der Waals surface area contributed by atoms with E-state index in [1.165, 1.54) is 5.56 Å². The fourth-order valence-corrected chi connectivity index (χ4v) is 3.97. The molecule has 7 heteroatoms. The van der Waals surface area contributed by atoms with Gasteiger partial charge in [-0.15, -0.1) is 0 Å². The number of benzene rings is 1.